The first kappa shape index (κ1) is 10.6. The average Bonchev–Trinajstić information content (AvgIpc) is 2.18. The maximum absolute atomic E-state index is 11.1. The Bertz CT molecular complexity index is 436. The van der Waals surface area contributed by atoms with Crippen LogP contribution in [0.4, 0.5) is 5.69 Å². The van der Waals surface area contributed by atoms with Crippen LogP contribution in [0, 0.1) is 10.1 Å². The van der Waals surface area contributed by atoms with E-state index in [1.807, 2.05) is 0 Å². The Morgan fingerprint density at radius 3 is 2.14 bits per heavy atom. The van der Waals surface area contributed by atoms with Gasteiger partial charge in [-0.1, -0.05) is 0 Å². The molecule has 0 saturated carbocycles. The summed E-state index contributed by atoms with van der Waals surface area (Å²) in [5, 5.41) is 18.7. The van der Waals surface area contributed by atoms with Crippen molar-refractivity contribution in [3.8, 4) is 0 Å². The zero-order valence-electron chi connectivity index (χ0n) is 6.95. The van der Waals surface area contributed by atoms with Gasteiger partial charge < -0.3 is 5.11 Å². The molecule has 0 aliphatic rings. The largest absolute Gasteiger partial charge is 0.380 e. The molecule has 0 aliphatic carbocycles. The first-order chi connectivity index (χ1) is 6.47. The second kappa shape index (κ2) is 3.72. The van der Waals surface area contributed by atoms with Crippen molar-refractivity contribution in [2.75, 3.05) is 5.94 Å². The Balaban J connectivity index is 3.12. The number of nitro groups is 1. The Morgan fingerprint density at radius 1 is 1.29 bits per heavy atom. The molecule has 76 valence electrons. The monoisotopic (exact) mass is 217 g/mol. The number of nitro benzene ring substituents is 1. The Morgan fingerprint density at radius 2 is 1.79 bits per heavy atom. The molecule has 0 aromatic heterocycles. The Hall–Kier alpha value is -1.47. The highest BCUT2D eigenvalue weighted by Crippen LogP contribution is 2.16. The SMILES string of the molecule is O=[N+]([O-])c1ccc(S(=O)(=O)CO)cc1. The van der Waals surface area contributed by atoms with Gasteiger partial charge in [-0.25, -0.2) is 8.42 Å². The minimum absolute atomic E-state index is 0.134. The molecule has 1 N–H and O–H groups in total. The van der Waals surface area contributed by atoms with Crippen molar-refractivity contribution in [1.82, 2.24) is 0 Å². The average molecular weight is 217 g/mol. The van der Waals surface area contributed by atoms with Crippen molar-refractivity contribution in [3.05, 3.63) is 34.4 Å². The van der Waals surface area contributed by atoms with Crippen molar-refractivity contribution in [3.63, 3.8) is 0 Å². The molecule has 0 fully saturated rings. The predicted octanol–water partition coefficient (Wildman–Crippen LogP) is 0.318. The van der Waals surface area contributed by atoms with Crippen molar-refractivity contribution in [2.24, 2.45) is 0 Å². The van der Waals surface area contributed by atoms with Crippen LogP contribution in [0.25, 0.3) is 0 Å². The highest BCUT2D eigenvalue weighted by atomic mass is 32.2. The summed E-state index contributed by atoms with van der Waals surface area (Å²) in [6.07, 6.45) is 0. The van der Waals surface area contributed by atoms with Gasteiger partial charge in [-0.05, 0) is 12.1 Å². The molecule has 0 spiro atoms. The molecular formula is C7H7NO5S. The van der Waals surface area contributed by atoms with Gasteiger partial charge in [-0.15, -0.1) is 0 Å². The van der Waals surface area contributed by atoms with E-state index in [0.717, 1.165) is 24.3 Å². The van der Waals surface area contributed by atoms with Gasteiger partial charge in [0.05, 0.1) is 9.82 Å². The fourth-order valence-corrected chi connectivity index (χ4v) is 1.55. The molecular weight excluding hydrogens is 210 g/mol. The summed E-state index contributed by atoms with van der Waals surface area (Å²) in [6, 6.07) is 4.32. The van der Waals surface area contributed by atoms with Gasteiger partial charge in [-0.2, -0.15) is 0 Å². The van der Waals surface area contributed by atoms with Crippen LogP contribution in [0.2, 0.25) is 0 Å². The number of benzene rings is 1. The van der Waals surface area contributed by atoms with Crippen LogP contribution in [0.3, 0.4) is 0 Å². The van der Waals surface area contributed by atoms with Crippen molar-refractivity contribution >= 4 is 15.5 Å². The summed E-state index contributed by atoms with van der Waals surface area (Å²) in [4.78, 5) is 9.47. The summed E-state index contributed by atoms with van der Waals surface area (Å²) in [6.45, 7) is 0. The number of nitrogens with zero attached hydrogens (tertiary/aromatic N) is 1. The second-order valence-corrected chi connectivity index (χ2v) is 4.45. The molecule has 1 aromatic carbocycles. The fourth-order valence-electron chi connectivity index (χ4n) is 0.850. The lowest BCUT2D eigenvalue weighted by Gasteiger charge is -1.98. The molecule has 0 amide bonds. The number of hydrogen-bond donors (Lipinski definition) is 1. The zero-order chi connectivity index (χ0) is 10.8. The van der Waals surface area contributed by atoms with Gasteiger partial charge >= 0.3 is 0 Å². The maximum Gasteiger partial charge on any atom is 0.269 e. The summed E-state index contributed by atoms with van der Waals surface area (Å²) in [7, 11) is -3.71. The molecule has 0 unspecified atom stereocenters. The van der Waals surface area contributed by atoms with Crippen molar-refractivity contribution < 1.29 is 18.4 Å². The zero-order valence-corrected chi connectivity index (χ0v) is 7.77. The van der Waals surface area contributed by atoms with Crippen molar-refractivity contribution in [2.45, 2.75) is 4.90 Å². The van der Waals surface area contributed by atoms with Gasteiger partial charge in [0.25, 0.3) is 5.69 Å². The summed E-state index contributed by atoms with van der Waals surface area (Å²) >= 11 is 0. The number of rotatable bonds is 3. The van der Waals surface area contributed by atoms with E-state index in [2.05, 4.69) is 0 Å². The van der Waals surface area contributed by atoms with Gasteiger partial charge in [-0.3, -0.25) is 10.1 Å². The van der Waals surface area contributed by atoms with Gasteiger partial charge in [0.15, 0.2) is 0 Å². The van der Waals surface area contributed by atoms with E-state index in [1.165, 1.54) is 0 Å². The smallest absolute Gasteiger partial charge is 0.269 e. The topological polar surface area (TPSA) is 97.5 Å². The molecule has 0 saturated heterocycles. The molecule has 0 atom stereocenters. The minimum Gasteiger partial charge on any atom is -0.380 e. The standard InChI is InChI=1S/C7H7NO5S/c9-5-14(12,13)7-3-1-6(2-4-7)8(10)11/h1-4,9H,5H2. The number of non-ortho nitro benzene ring substituents is 1. The number of hydrogen-bond acceptors (Lipinski definition) is 5. The molecule has 0 bridgehead atoms. The van der Waals surface area contributed by atoms with Gasteiger partial charge in [0, 0.05) is 12.1 Å². The molecule has 6 nitrogen and oxygen atoms in total. The molecule has 0 radical (unpaired) electrons. The van der Waals surface area contributed by atoms with Gasteiger partial charge in [0.2, 0.25) is 9.84 Å². The van der Waals surface area contributed by atoms with E-state index in [-0.39, 0.29) is 10.6 Å². The second-order valence-electron chi connectivity index (χ2n) is 2.49. The molecule has 1 aromatic rings. The van der Waals surface area contributed by atoms with E-state index >= 15 is 0 Å². The van der Waals surface area contributed by atoms with Crippen LogP contribution in [0.1, 0.15) is 0 Å². The molecule has 7 heteroatoms. The van der Waals surface area contributed by atoms with E-state index in [9.17, 15) is 18.5 Å². The van der Waals surface area contributed by atoms with Crippen LogP contribution in [-0.4, -0.2) is 24.4 Å². The third-order valence-corrected chi connectivity index (χ3v) is 2.91. The van der Waals surface area contributed by atoms with Crippen LogP contribution in [-0.2, 0) is 9.84 Å². The first-order valence-electron chi connectivity index (χ1n) is 3.55. The van der Waals surface area contributed by atoms with Crippen LogP contribution >= 0.6 is 0 Å². The Labute approximate surface area is 79.9 Å². The fraction of sp³-hybridized carbons (Fsp3) is 0.143. The van der Waals surface area contributed by atoms with E-state index in [1.54, 1.807) is 0 Å². The highest BCUT2D eigenvalue weighted by Gasteiger charge is 2.14. The lowest BCUT2D eigenvalue weighted by atomic mass is 10.3. The van der Waals surface area contributed by atoms with Gasteiger partial charge in [0.1, 0.15) is 5.94 Å². The minimum atomic E-state index is -3.71. The lowest BCUT2D eigenvalue weighted by Crippen LogP contribution is -2.05. The van der Waals surface area contributed by atoms with E-state index < -0.39 is 20.7 Å². The summed E-state index contributed by atoms with van der Waals surface area (Å²) in [5.41, 5.74) is -0.193. The van der Waals surface area contributed by atoms with Crippen LogP contribution < -0.4 is 0 Å². The quantitative estimate of drug-likeness (QED) is 0.580. The number of aliphatic hydroxyl groups excluding tert-OH is 1. The van der Waals surface area contributed by atoms with Crippen molar-refractivity contribution in [1.29, 1.82) is 0 Å². The molecule has 1 rings (SSSR count). The van der Waals surface area contributed by atoms with Crippen LogP contribution in [0.5, 0.6) is 0 Å². The normalized spacial score (nSPS) is 11.2. The number of sulfone groups is 1. The predicted molar refractivity (Wildman–Crippen MR) is 47.4 cm³/mol. The summed E-state index contributed by atoms with van der Waals surface area (Å²) in [5.74, 6) is -1.01. The van der Waals surface area contributed by atoms with Crippen LogP contribution in [0.15, 0.2) is 29.2 Å². The lowest BCUT2D eigenvalue weighted by molar-refractivity contribution is -0.384. The van der Waals surface area contributed by atoms with E-state index in [4.69, 9.17) is 5.11 Å². The summed E-state index contributed by atoms with van der Waals surface area (Å²) < 4.78 is 22.1. The molecule has 0 aliphatic heterocycles. The Kier molecular flexibility index (Phi) is 2.82. The molecule has 0 heterocycles. The third kappa shape index (κ3) is 2.06. The highest BCUT2D eigenvalue weighted by molar-refractivity contribution is 7.91. The van der Waals surface area contributed by atoms with E-state index in [0.29, 0.717) is 0 Å². The molecule has 14 heavy (non-hydrogen) atoms. The number of aliphatic hydroxyl groups is 1. The third-order valence-electron chi connectivity index (χ3n) is 1.58. The maximum atomic E-state index is 11.1. The first-order valence-corrected chi connectivity index (χ1v) is 5.20.